The highest BCUT2D eigenvalue weighted by atomic mass is 16.5. The second-order valence-corrected chi connectivity index (χ2v) is 6.36. The molecule has 0 saturated carbocycles. The lowest BCUT2D eigenvalue weighted by Crippen LogP contribution is -2.48. The van der Waals surface area contributed by atoms with Crippen molar-refractivity contribution in [2.75, 3.05) is 19.6 Å². The summed E-state index contributed by atoms with van der Waals surface area (Å²) in [4.78, 5) is 2.49. The maximum absolute atomic E-state index is 6.06. The summed E-state index contributed by atoms with van der Waals surface area (Å²) in [7, 11) is 0. The standard InChI is InChI=1S/C13H26N2O/c1-10-6-11(14)8-15(7-10)9-12-4-5-13(2,3)16-12/h10-12H,4-9,14H2,1-3H3. The smallest absolute Gasteiger partial charge is 0.0710 e. The quantitative estimate of drug-likeness (QED) is 0.777. The molecule has 0 aliphatic carbocycles. The lowest BCUT2D eigenvalue weighted by Gasteiger charge is -2.36. The second-order valence-electron chi connectivity index (χ2n) is 6.36. The molecule has 2 aliphatic heterocycles. The van der Waals surface area contributed by atoms with E-state index in [4.69, 9.17) is 10.5 Å². The summed E-state index contributed by atoms with van der Waals surface area (Å²) in [6.45, 7) is 9.99. The molecule has 2 heterocycles. The van der Waals surface area contributed by atoms with Gasteiger partial charge in [-0.2, -0.15) is 0 Å². The van der Waals surface area contributed by atoms with Gasteiger partial charge < -0.3 is 10.5 Å². The number of piperidine rings is 1. The molecule has 2 aliphatic rings. The third kappa shape index (κ3) is 3.19. The monoisotopic (exact) mass is 226 g/mol. The summed E-state index contributed by atoms with van der Waals surface area (Å²) >= 11 is 0. The highest BCUT2D eigenvalue weighted by Crippen LogP contribution is 2.30. The fourth-order valence-corrected chi connectivity index (χ4v) is 3.16. The first-order valence-corrected chi connectivity index (χ1v) is 6.60. The summed E-state index contributed by atoms with van der Waals surface area (Å²) < 4.78 is 6.04. The molecule has 2 saturated heterocycles. The SMILES string of the molecule is CC1CC(N)CN(CC2CCC(C)(C)O2)C1. The van der Waals surface area contributed by atoms with Gasteiger partial charge in [-0.3, -0.25) is 4.90 Å². The van der Waals surface area contributed by atoms with Crippen LogP contribution in [0.25, 0.3) is 0 Å². The normalized spacial score (nSPS) is 40.1. The van der Waals surface area contributed by atoms with Crippen LogP contribution in [0.4, 0.5) is 0 Å². The third-order valence-electron chi connectivity index (χ3n) is 3.78. The molecule has 0 bridgehead atoms. The minimum atomic E-state index is 0.0915. The predicted molar refractivity (Wildman–Crippen MR) is 66.4 cm³/mol. The van der Waals surface area contributed by atoms with Gasteiger partial charge in [0.1, 0.15) is 0 Å². The average Bonchev–Trinajstić information content (AvgIpc) is 2.43. The predicted octanol–water partition coefficient (Wildman–Crippen LogP) is 1.61. The highest BCUT2D eigenvalue weighted by molar-refractivity contribution is 4.86. The molecule has 0 radical (unpaired) electrons. The highest BCUT2D eigenvalue weighted by Gasteiger charge is 2.33. The Hall–Kier alpha value is -0.120. The molecule has 0 amide bonds. The minimum Gasteiger partial charge on any atom is -0.371 e. The van der Waals surface area contributed by atoms with Crippen LogP contribution in [0.2, 0.25) is 0 Å². The van der Waals surface area contributed by atoms with E-state index in [0.717, 1.165) is 19.0 Å². The van der Waals surface area contributed by atoms with Gasteiger partial charge in [0.15, 0.2) is 0 Å². The van der Waals surface area contributed by atoms with Crippen molar-refractivity contribution in [2.24, 2.45) is 11.7 Å². The number of nitrogens with zero attached hydrogens (tertiary/aromatic N) is 1. The van der Waals surface area contributed by atoms with Crippen molar-refractivity contribution in [3.63, 3.8) is 0 Å². The Balaban J connectivity index is 1.81. The van der Waals surface area contributed by atoms with Crippen LogP contribution in [0.3, 0.4) is 0 Å². The number of hydrogen-bond donors (Lipinski definition) is 1. The van der Waals surface area contributed by atoms with E-state index in [9.17, 15) is 0 Å². The number of likely N-dealkylation sites (tertiary alicyclic amines) is 1. The van der Waals surface area contributed by atoms with Gasteiger partial charge in [-0.05, 0) is 39.0 Å². The summed E-state index contributed by atoms with van der Waals surface area (Å²) in [5.74, 6) is 0.734. The first-order valence-electron chi connectivity index (χ1n) is 6.60. The topological polar surface area (TPSA) is 38.5 Å². The minimum absolute atomic E-state index is 0.0915. The van der Waals surface area contributed by atoms with Crippen LogP contribution in [-0.4, -0.2) is 42.3 Å². The van der Waals surface area contributed by atoms with Crippen molar-refractivity contribution in [3.05, 3.63) is 0 Å². The van der Waals surface area contributed by atoms with Crippen molar-refractivity contribution < 1.29 is 4.74 Å². The zero-order valence-electron chi connectivity index (χ0n) is 10.9. The van der Waals surface area contributed by atoms with Crippen LogP contribution in [0.15, 0.2) is 0 Å². The van der Waals surface area contributed by atoms with Crippen LogP contribution in [0.1, 0.15) is 40.0 Å². The molecule has 0 aromatic carbocycles. The van der Waals surface area contributed by atoms with E-state index in [-0.39, 0.29) is 5.60 Å². The number of hydrogen-bond acceptors (Lipinski definition) is 3. The molecular weight excluding hydrogens is 200 g/mol. The second kappa shape index (κ2) is 4.63. The maximum atomic E-state index is 6.06. The summed E-state index contributed by atoms with van der Waals surface area (Å²) in [6.07, 6.45) is 3.99. The largest absolute Gasteiger partial charge is 0.371 e. The molecule has 0 aromatic heterocycles. The van der Waals surface area contributed by atoms with Gasteiger partial charge in [0.2, 0.25) is 0 Å². The van der Waals surface area contributed by atoms with Crippen molar-refractivity contribution in [3.8, 4) is 0 Å². The van der Waals surface area contributed by atoms with Gasteiger partial charge >= 0.3 is 0 Å². The van der Waals surface area contributed by atoms with E-state index in [0.29, 0.717) is 12.1 Å². The number of rotatable bonds is 2. The molecule has 16 heavy (non-hydrogen) atoms. The van der Waals surface area contributed by atoms with E-state index < -0.39 is 0 Å². The van der Waals surface area contributed by atoms with Gasteiger partial charge in [-0.1, -0.05) is 6.92 Å². The van der Waals surface area contributed by atoms with Gasteiger partial charge in [0, 0.05) is 25.7 Å². The molecule has 0 spiro atoms. The fraction of sp³-hybridized carbons (Fsp3) is 1.00. The van der Waals surface area contributed by atoms with Crippen molar-refractivity contribution >= 4 is 0 Å². The van der Waals surface area contributed by atoms with Crippen LogP contribution >= 0.6 is 0 Å². The Bertz CT molecular complexity index is 232. The first-order chi connectivity index (χ1) is 7.44. The summed E-state index contributed by atoms with van der Waals surface area (Å²) in [6, 6.07) is 0.359. The Labute approximate surface area is 99.3 Å². The van der Waals surface area contributed by atoms with Crippen molar-refractivity contribution in [1.82, 2.24) is 4.90 Å². The van der Waals surface area contributed by atoms with Crippen molar-refractivity contribution in [2.45, 2.75) is 57.8 Å². The molecule has 3 heteroatoms. The average molecular weight is 226 g/mol. The Kier molecular flexibility index (Phi) is 3.57. The Morgan fingerprint density at radius 1 is 1.38 bits per heavy atom. The maximum Gasteiger partial charge on any atom is 0.0710 e. The van der Waals surface area contributed by atoms with Gasteiger partial charge in [-0.15, -0.1) is 0 Å². The summed E-state index contributed by atoms with van der Waals surface area (Å²) in [5, 5.41) is 0. The molecule has 3 atom stereocenters. The molecule has 2 N–H and O–H groups in total. The zero-order chi connectivity index (χ0) is 11.8. The van der Waals surface area contributed by atoms with Gasteiger partial charge in [-0.25, -0.2) is 0 Å². The molecular formula is C13H26N2O. The number of nitrogens with two attached hydrogens (primary N) is 1. The van der Waals surface area contributed by atoms with E-state index in [1.807, 2.05) is 0 Å². The first kappa shape index (κ1) is 12.3. The van der Waals surface area contributed by atoms with E-state index >= 15 is 0 Å². The fourth-order valence-electron chi connectivity index (χ4n) is 3.16. The Morgan fingerprint density at radius 3 is 2.69 bits per heavy atom. The van der Waals surface area contributed by atoms with E-state index in [1.165, 1.54) is 25.8 Å². The molecule has 2 rings (SSSR count). The zero-order valence-corrected chi connectivity index (χ0v) is 10.9. The number of ether oxygens (including phenoxy) is 1. The van der Waals surface area contributed by atoms with Crippen LogP contribution in [0, 0.1) is 5.92 Å². The van der Waals surface area contributed by atoms with Crippen molar-refractivity contribution in [1.29, 1.82) is 0 Å². The van der Waals surface area contributed by atoms with E-state index in [1.54, 1.807) is 0 Å². The van der Waals surface area contributed by atoms with Crippen LogP contribution in [0.5, 0.6) is 0 Å². The van der Waals surface area contributed by atoms with Crippen LogP contribution < -0.4 is 5.73 Å². The molecule has 94 valence electrons. The molecule has 2 fully saturated rings. The molecule has 3 nitrogen and oxygen atoms in total. The van der Waals surface area contributed by atoms with Crippen LogP contribution in [-0.2, 0) is 4.74 Å². The molecule has 0 aromatic rings. The van der Waals surface area contributed by atoms with Gasteiger partial charge in [0.05, 0.1) is 11.7 Å². The molecule has 3 unspecified atom stereocenters. The van der Waals surface area contributed by atoms with Gasteiger partial charge in [0.25, 0.3) is 0 Å². The van der Waals surface area contributed by atoms with E-state index in [2.05, 4.69) is 25.7 Å². The Morgan fingerprint density at radius 2 is 2.12 bits per heavy atom. The third-order valence-corrected chi connectivity index (χ3v) is 3.78. The summed E-state index contributed by atoms with van der Waals surface area (Å²) in [5.41, 5.74) is 6.15. The lowest BCUT2D eigenvalue weighted by atomic mass is 9.96. The lowest BCUT2D eigenvalue weighted by molar-refractivity contribution is -0.0334.